The molecule has 162 valence electrons. The summed E-state index contributed by atoms with van der Waals surface area (Å²) >= 11 is 1.40. The van der Waals surface area contributed by atoms with Gasteiger partial charge in [0.1, 0.15) is 0 Å². The highest BCUT2D eigenvalue weighted by Gasteiger charge is 2.14. The fourth-order valence-corrected chi connectivity index (χ4v) is 4.75. The number of benzene rings is 4. The normalized spacial score (nSPS) is 11.0. The maximum atomic E-state index is 13.2. The highest BCUT2D eigenvalue weighted by molar-refractivity contribution is 7.99. The van der Waals surface area contributed by atoms with Crippen LogP contribution in [0.5, 0.6) is 0 Å². The molecule has 1 amide bonds. The molecule has 0 aliphatic carbocycles. The molecule has 1 heterocycles. The first-order valence-corrected chi connectivity index (χ1v) is 11.7. The minimum absolute atomic E-state index is 0.0757. The van der Waals surface area contributed by atoms with Crippen LogP contribution >= 0.6 is 11.8 Å². The maximum absolute atomic E-state index is 13.2. The van der Waals surface area contributed by atoms with E-state index >= 15 is 0 Å². The van der Waals surface area contributed by atoms with Crippen molar-refractivity contribution in [1.29, 1.82) is 0 Å². The SMILES string of the molecule is O=C(CCSc1nc2ccccc2c(=O)n1-c1ccccc1)Nc1cccc2ccccc12. The molecule has 0 unspecified atom stereocenters. The molecule has 1 N–H and O–H groups in total. The molecule has 0 bridgehead atoms. The van der Waals surface area contributed by atoms with Crippen LogP contribution in [0.3, 0.4) is 0 Å². The molecule has 0 saturated heterocycles. The van der Waals surface area contributed by atoms with E-state index in [1.807, 2.05) is 91.0 Å². The van der Waals surface area contributed by atoms with Crippen LogP contribution in [-0.2, 0) is 4.79 Å². The van der Waals surface area contributed by atoms with Crippen LogP contribution in [0.15, 0.2) is 107 Å². The molecule has 1 aromatic heterocycles. The number of fused-ring (bicyclic) bond motifs is 2. The Morgan fingerprint density at radius 1 is 0.818 bits per heavy atom. The van der Waals surface area contributed by atoms with Gasteiger partial charge in [0.2, 0.25) is 5.91 Å². The van der Waals surface area contributed by atoms with Gasteiger partial charge >= 0.3 is 0 Å². The van der Waals surface area contributed by atoms with E-state index in [4.69, 9.17) is 4.98 Å². The number of para-hydroxylation sites is 2. The van der Waals surface area contributed by atoms with Crippen LogP contribution in [-0.4, -0.2) is 21.2 Å². The Morgan fingerprint density at radius 2 is 1.52 bits per heavy atom. The largest absolute Gasteiger partial charge is 0.325 e. The van der Waals surface area contributed by atoms with Crippen molar-refractivity contribution >= 4 is 45.0 Å². The first-order valence-electron chi connectivity index (χ1n) is 10.7. The third-order valence-electron chi connectivity index (χ3n) is 5.38. The van der Waals surface area contributed by atoms with Gasteiger partial charge in [0.25, 0.3) is 5.56 Å². The summed E-state index contributed by atoms with van der Waals surface area (Å²) in [5.41, 5.74) is 2.09. The number of thioether (sulfide) groups is 1. The van der Waals surface area contributed by atoms with Gasteiger partial charge in [-0.1, -0.05) is 78.5 Å². The van der Waals surface area contributed by atoms with E-state index in [0.29, 0.717) is 28.2 Å². The van der Waals surface area contributed by atoms with Gasteiger partial charge in [-0.25, -0.2) is 4.98 Å². The summed E-state index contributed by atoms with van der Waals surface area (Å²) in [5, 5.41) is 6.25. The minimum atomic E-state index is -0.116. The second-order valence-corrected chi connectivity index (χ2v) is 8.62. The third-order valence-corrected chi connectivity index (χ3v) is 6.32. The Hall–Kier alpha value is -3.90. The molecule has 5 rings (SSSR count). The summed E-state index contributed by atoms with van der Waals surface area (Å²) in [5.74, 6) is 0.419. The van der Waals surface area contributed by atoms with Gasteiger partial charge in [0.15, 0.2) is 5.16 Å². The number of aromatic nitrogens is 2. The van der Waals surface area contributed by atoms with Gasteiger partial charge in [-0.05, 0) is 35.7 Å². The van der Waals surface area contributed by atoms with Crippen molar-refractivity contribution in [2.24, 2.45) is 0 Å². The fourth-order valence-electron chi connectivity index (χ4n) is 3.80. The average molecular weight is 452 g/mol. The second kappa shape index (κ2) is 9.30. The number of nitrogens with one attached hydrogen (secondary N) is 1. The van der Waals surface area contributed by atoms with Gasteiger partial charge in [-0.15, -0.1) is 0 Å². The van der Waals surface area contributed by atoms with E-state index in [1.165, 1.54) is 11.8 Å². The topological polar surface area (TPSA) is 64.0 Å². The zero-order valence-electron chi connectivity index (χ0n) is 17.8. The Balaban J connectivity index is 1.37. The molecule has 0 radical (unpaired) electrons. The number of carbonyl (C=O) groups excluding carboxylic acids is 1. The summed E-state index contributed by atoms with van der Waals surface area (Å²) in [7, 11) is 0. The van der Waals surface area contributed by atoms with Crippen molar-refractivity contribution in [3.8, 4) is 5.69 Å². The third kappa shape index (κ3) is 4.38. The van der Waals surface area contributed by atoms with Crippen LogP contribution in [0.2, 0.25) is 0 Å². The molecule has 33 heavy (non-hydrogen) atoms. The van der Waals surface area contributed by atoms with Crippen molar-refractivity contribution in [2.75, 3.05) is 11.1 Å². The number of amides is 1. The molecule has 0 atom stereocenters. The van der Waals surface area contributed by atoms with Gasteiger partial charge in [0, 0.05) is 23.2 Å². The summed E-state index contributed by atoms with van der Waals surface area (Å²) in [6.45, 7) is 0. The van der Waals surface area contributed by atoms with Crippen molar-refractivity contribution in [2.45, 2.75) is 11.6 Å². The monoisotopic (exact) mass is 451 g/mol. The summed E-state index contributed by atoms with van der Waals surface area (Å²) in [6.07, 6.45) is 0.297. The lowest BCUT2D eigenvalue weighted by atomic mass is 10.1. The Bertz CT molecular complexity index is 1510. The molecule has 0 aliphatic rings. The number of anilines is 1. The fraction of sp³-hybridized carbons (Fsp3) is 0.0741. The Labute approximate surface area is 195 Å². The second-order valence-electron chi connectivity index (χ2n) is 7.56. The molecule has 0 fully saturated rings. The zero-order chi connectivity index (χ0) is 22.6. The minimum Gasteiger partial charge on any atom is -0.325 e. The lowest BCUT2D eigenvalue weighted by molar-refractivity contribution is -0.115. The van der Waals surface area contributed by atoms with Gasteiger partial charge in [-0.3, -0.25) is 14.2 Å². The lowest BCUT2D eigenvalue weighted by Gasteiger charge is -2.13. The molecular formula is C27H21N3O2S. The standard InChI is InChI=1S/C27H21N3O2S/c31-25(28-23-16-8-10-19-9-4-5-13-21(19)23)17-18-33-27-29-24-15-7-6-14-22(24)26(32)30(27)20-11-2-1-3-12-20/h1-16H,17-18H2,(H,28,31). The number of nitrogens with zero attached hydrogens (tertiary/aromatic N) is 2. The number of rotatable bonds is 6. The molecule has 0 aliphatic heterocycles. The van der Waals surface area contributed by atoms with Crippen LogP contribution in [0.25, 0.3) is 27.4 Å². The predicted molar refractivity (Wildman–Crippen MR) is 135 cm³/mol. The van der Waals surface area contributed by atoms with E-state index in [9.17, 15) is 9.59 Å². The van der Waals surface area contributed by atoms with Crippen molar-refractivity contribution < 1.29 is 4.79 Å². The number of hydrogen-bond donors (Lipinski definition) is 1. The first-order chi connectivity index (χ1) is 16.2. The van der Waals surface area contributed by atoms with Gasteiger partial charge in [-0.2, -0.15) is 0 Å². The lowest BCUT2D eigenvalue weighted by Crippen LogP contribution is -2.22. The predicted octanol–water partition coefficient (Wildman–Crippen LogP) is 5.66. The molecule has 0 saturated carbocycles. The molecule has 5 nitrogen and oxygen atoms in total. The van der Waals surface area contributed by atoms with E-state index in [-0.39, 0.29) is 11.5 Å². The highest BCUT2D eigenvalue weighted by atomic mass is 32.2. The summed E-state index contributed by atoms with van der Waals surface area (Å²) < 4.78 is 1.62. The van der Waals surface area contributed by atoms with Crippen molar-refractivity contribution in [3.05, 3.63) is 107 Å². The zero-order valence-corrected chi connectivity index (χ0v) is 18.6. The molecule has 4 aromatic carbocycles. The average Bonchev–Trinajstić information content (AvgIpc) is 2.85. The smallest absolute Gasteiger partial charge is 0.266 e. The molecule has 5 aromatic rings. The molecule has 6 heteroatoms. The van der Waals surface area contributed by atoms with Gasteiger partial charge < -0.3 is 5.32 Å². The summed E-state index contributed by atoms with van der Waals surface area (Å²) in [6, 6.07) is 30.6. The number of hydrogen-bond acceptors (Lipinski definition) is 4. The van der Waals surface area contributed by atoms with E-state index in [2.05, 4.69) is 5.32 Å². The van der Waals surface area contributed by atoms with Crippen molar-refractivity contribution in [3.63, 3.8) is 0 Å². The van der Waals surface area contributed by atoms with Crippen LogP contribution in [0, 0.1) is 0 Å². The van der Waals surface area contributed by atoms with E-state index in [0.717, 1.165) is 22.1 Å². The Kier molecular flexibility index (Phi) is 5.91. The molecular weight excluding hydrogens is 430 g/mol. The first kappa shape index (κ1) is 21.0. The van der Waals surface area contributed by atoms with E-state index in [1.54, 1.807) is 10.6 Å². The number of carbonyl (C=O) groups is 1. The van der Waals surface area contributed by atoms with Crippen molar-refractivity contribution in [1.82, 2.24) is 9.55 Å². The van der Waals surface area contributed by atoms with Crippen LogP contribution in [0.1, 0.15) is 6.42 Å². The Morgan fingerprint density at radius 3 is 2.36 bits per heavy atom. The maximum Gasteiger partial charge on any atom is 0.266 e. The molecule has 0 spiro atoms. The highest BCUT2D eigenvalue weighted by Crippen LogP contribution is 2.24. The van der Waals surface area contributed by atoms with Gasteiger partial charge in [0.05, 0.1) is 16.6 Å². The van der Waals surface area contributed by atoms with E-state index < -0.39 is 0 Å². The van der Waals surface area contributed by atoms with Crippen LogP contribution in [0.4, 0.5) is 5.69 Å². The summed E-state index contributed by atoms with van der Waals surface area (Å²) in [4.78, 5) is 30.6. The quantitative estimate of drug-likeness (QED) is 0.267. The van der Waals surface area contributed by atoms with Crippen LogP contribution < -0.4 is 10.9 Å².